The third-order valence-corrected chi connectivity index (χ3v) is 15.5. The Morgan fingerprint density at radius 2 is 0.917 bits per heavy atom. The second-order valence-corrected chi connectivity index (χ2v) is 16.3. The average Bonchev–Trinajstić information content (AvgIpc) is 2.94. The highest BCUT2D eigenvalue weighted by Crippen LogP contribution is 2.66. The molecule has 3 saturated carbocycles. The van der Waals surface area contributed by atoms with Crippen molar-refractivity contribution < 1.29 is 9.13 Å². The van der Waals surface area contributed by atoms with E-state index in [9.17, 15) is 0 Å². The van der Waals surface area contributed by atoms with Gasteiger partial charge < -0.3 is 9.13 Å². The monoisotopic (exact) mass is 510 g/mol. The molecule has 2 bridgehead atoms. The SMILES string of the molecule is O=P(C[C@H]1CC2CC(C2)[C@H]1P(=O)(c1ccccc1)c1ccccc1)(c1ccccc1)c1ccccc1. The standard InChI is InChI=1S/C32H32O2P2/c33-35(28-13-5-1-6-14-28,29-15-7-2-8-16-29)24-27-23-25-21-26(22-25)32(27)36(34,30-17-9-3-10-18-30)31-19-11-4-12-20-31/h1-20,25-27,32H,21-24H2/t25?,26?,27-,32-/m1/s1. The van der Waals surface area contributed by atoms with Gasteiger partial charge in [-0.25, -0.2) is 0 Å². The smallest absolute Gasteiger partial charge is 0.146 e. The highest BCUT2D eigenvalue weighted by atomic mass is 31.2. The molecule has 0 aliphatic heterocycles. The number of rotatable bonds is 7. The largest absolute Gasteiger partial charge is 0.314 e. The van der Waals surface area contributed by atoms with E-state index in [2.05, 4.69) is 0 Å². The molecule has 182 valence electrons. The molecule has 0 radical (unpaired) electrons. The summed E-state index contributed by atoms with van der Waals surface area (Å²) in [6.45, 7) is 0. The van der Waals surface area contributed by atoms with Crippen molar-refractivity contribution in [1.29, 1.82) is 0 Å². The molecule has 0 amide bonds. The van der Waals surface area contributed by atoms with E-state index < -0.39 is 14.3 Å². The third-order valence-electron chi connectivity index (χ3n) is 8.41. The van der Waals surface area contributed by atoms with Gasteiger partial charge in [0.25, 0.3) is 0 Å². The van der Waals surface area contributed by atoms with Crippen LogP contribution in [-0.2, 0) is 9.13 Å². The Bertz CT molecular complexity index is 1310. The summed E-state index contributed by atoms with van der Waals surface area (Å²) < 4.78 is 30.5. The highest BCUT2D eigenvalue weighted by molar-refractivity contribution is 7.80. The maximum absolute atomic E-state index is 15.5. The molecule has 3 aliphatic rings. The van der Waals surface area contributed by atoms with Crippen molar-refractivity contribution in [2.75, 3.05) is 6.16 Å². The first-order chi connectivity index (χ1) is 17.6. The molecule has 2 nitrogen and oxygen atoms in total. The van der Waals surface area contributed by atoms with E-state index in [1.54, 1.807) is 0 Å². The van der Waals surface area contributed by atoms with Gasteiger partial charge in [0.05, 0.1) is 0 Å². The van der Waals surface area contributed by atoms with Gasteiger partial charge in [0.1, 0.15) is 14.3 Å². The quantitative estimate of drug-likeness (QED) is 0.269. The van der Waals surface area contributed by atoms with E-state index in [1.165, 1.54) is 0 Å². The van der Waals surface area contributed by atoms with Crippen LogP contribution >= 0.6 is 14.3 Å². The lowest BCUT2D eigenvalue weighted by Crippen LogP contribution is -2.50. The summed E-state index contributed by atoms with van der Waals surface area (Å²) in [6.07, 6.45) is 3.87. The lowest BCUT2D eigenvalue weighted by atomic mass is 9.61. The molecule has 0 unspecified atom stereocenters. The molecule has 0 spiro atoms. The highest BCUT2D eigenvalue weighted by Gasteiger charge is 2.55. The number of benzene rings is 4. The number of hydrogen-bond donors (Lipinski definition) is 0. The van der Waals surface area contributed by atoms with Crippen molar-refractivity contribution in [3.05, 3.63) is 121 Å². The topological polar surface area (TPSA) is 34.1 Å². The van der Waals surface area contributed by atoms with Gasteiger partial charge in [0, 0.05) is 33.0 Å². The molecular formula is C32H32O2P2. The summed E-state index contributed by atoms with van der Waals surface area (Å²) in [5, 5.41) is 3.68. The summed E-state index contributed by atoms with van der Waals surface area (Å²) in [4.78, 5) is 0. The summed E-state index contributed by atoms with van der Waals surface area (Å²) in [5.41, 5.74) is 0.00745. The number of fused-ring (bicyclic) bond motifs is 2. The van der Waals surface area contributed by atoms with Gasteiger partial charge in [0.2, 0.25) is 0 Å². The maximum Gasteiger partial charge on any atom is 0.146 e. The fraction of sp³-hybridized carbons (Fsp3) is 0.250. The predicted molar refractivity (Wildman–Crippen MR) is 152 cm³/mol. The molecule has 4 aromatic rings. The molecule has 7 rings (SSSR count). The normalized spacial score (nSPS) is 23.6. The second-order valence-electron chi connectivity index (χ2n) is 10.5. The molecule has 0 aromatic heterocycles. The molecule has 0 N–H and O–H groups in total. The van der Waals surface area contributed by atoms with Crippen LogP contribution in [0.15, 0.2) is 121 Å². The van der Waals surface area contributed by atoms with Crippen LogP contribution in [0.2, 0.25) is 0 Å². The summed E-state index contributed by atoms with van der Waals surface area (Å²) in [5.74, 6) is 1.22. The van der Waals surface area contributed by atoms with Gasteiger partial charge in [-0.1, -0.05) is 121 Å². The number of hydrogen-bond acceptors (Lipinski definition) is 2. The minimum atomic E-state index is -2.96. The van der Waals surface area contributed by atoms with Crippen molar-refractivity contribution in [2.24, 2.45) is 17.8 Å². The van der Waals surface area contributed by atoms with Gasteiger partial charge in [-0.3, -0.25) is 0 Å². The van der Waals surface area contributed by atoms with Crippen LogP contribution in [-0.4, -0.2) is 11.8 Å². The van der Waals surface area contributed by atoms with Crippen LogP contribution in [0.4, 0.5) is 0 Å². The minimum Gasteiger partial charge on any atom is -0.314 e. The first kappa shape index (κ1) is 23.7. The average molecular weight is 511 g/mol. The van der Waals surface area contributed by atoms with Crippen molar-refractivity contribution in [1.82, 2.24) is 0 Å². The zero-order valence-electron chi connectivity index (χ0n) is 20.4. The molecule has 36 heavy (non-hydrogen) atoms. The van der Waals surface area contributed by atoms with Gasteiger partial charge in [0.15, 0.2) is 0 Å². The second kappa shape index (κ2) is 9.66. The van der Waals surface area contributed by atoms with Crippen LogP contribution in [0.25, 0.3) is 0 Å². The van der Waals surface area contributed by atoms with Crippen molar-refractivity contribution >= 4 is 35.5 Å². The van der Waals surface area contributed by atoms with Gasteiger partial charge in [-0.2, -0.15) is 0 Å². The Hall–Kier alpha value is -2.66. The Morgan fingerprint density at radius 1 is 0.528 bits per heavy atom. The molecular weight excluding hydrogens is 478 g/mol. The fourth-order valence-electron chi connectivity index (χ4n) is 6.81. The predicted octanol–water partition coefficient (Wildman–Crippen LogP) is 6.43. The first-order valence-corrected chi connectivity index (χ1v) is 16.7. The van der Waals surface area contributed by atoms with Crippen molar-refractivity contribution in [2.45, 2.75) is 24.9 Å². The van der Waals surface area contributed by atoms with E-state index in [1.807, 2.05) is 121 Å². The molecule has 2 atom stereocenters. The lowest BCUT2D eigenvalue weighted by Gasteiger charge is -2.54. The van der Waals surface area contributed by atoms with Crippen LogP contribution in [0.1, 0.15) is 19.3 Å². The van der Waals surface area contributed by atoms with E-state index >= 15 is 9.13 Å². The van der Waals surface area contributed by atoms with Gasteiger partial charge in [-0.05, 0) is 37.0 Å². The Kier molecular flexibility index (Phi) is 6.37. The van der Waals surface area contributed by atoms with Crippen LogP contribution in [0, 0.1) is 17.8 Å². The fourth-order valence-corrected chi connectivity index (χ4v) is 13.9. The van der Waals surface area contributed by atoms with E-state index in [0.717, 1.165) is 40.5 Å². The van der Waals surface area contributed by atoms with Crippen LogP contribution < -0.4 is 21.2 Å². The molecule has 4 aromatic carbocycles. The summed E-state index contributed by atoms with van der Waals surface area (Å²) in [6, 6.07) is 40.2. The molecule has 4 heteroatoms. The van der Waals surface area contributed by atoms with Crippen molar-refractivity contribution in [3.63, 3.8) is 0 Å². The van der Waals surface area contributed by atoms with Crippen molar-refractivity contribution in [3.8, 4) is 0 Å². The maximum atomic E-state index is 15.5. The molecule has 3 aliphatic carbocycles. The van der Waals surface area contributed by atoms with E-state index in [-0.39, 0.29) is 11.6 Å². The molecule has 0 saturated heterocycles. The van der Waals surface area contributed by atoms with Gasteiger partial charge in [-0.15, -0.1) is 0 Å². The van der Waals surface area contributed by atoms with Crippen LogP contribution in [0.3, 0.4) is 0 Å². The summed E-state index contributed by atoms with van der Waals surface area (Å²) in [7, 11) is -5.87. The van der Waals surface area contributed by atoms with E-state index in [4.69, 9.17) is 0 Å². The Balaban J connectivity index is 1.49. The van der Waals surface area contributed by atoms with E-state index in [0.29, 0.717) is 18.0 Å². The zero-order chi connectivity index (χ0) is 24.6. The Labute approximate surface area is 214 Å². The molecule has 0 heterocycles. The summed E-state index contributed by atoms with van der Waals surface area (Å²) >= 11 is 0. The molecule has 3 fully saturated rings. The third kappa shape index (κ3) is 4.06. The zero-order valence-corrected chi connectivity index (χ0v) is 22.2. The van der Waals surface area contributed by atoms with Crippen LogP contribution in [0.5, 0.6) is 0 Å². The first-order valence-electron chi connectivity index (χ1n) is 13.0. The van der Waals surface area contributed by atoms with Gasteiger partial charge >= 0.3 is 0 Å². The Morgan fingerprint density at radius 3 is 1.33 bits per heavy atom. The minimum absolute atomic E-state index is 0.00745. The lowest BCUT2D eigenvalue weighted by molar-refractivity contribution is 0.0807.